The van der Waals surface area contributed by atoms with Crippen molar-refractivity contribution < 1.29 is 14.7 Å². The number of carboxylic acids is 1. The van der Waals surface area contributed by atoms with Crippen molar-refractivity contribution in [3.8, 4) is 0 Å². The minimum absolute atomic E-state index is 0.0284. The van der Waals surface area contributed by atoms with Gasteiger partial charge < -0.3 is 5.11 Å². The highest BCUT2D eigenvalue weighted by atomic mass is 16.4. The molecule has 0 spiro atoms. The molecule has 1 aromatic carbocycles. The average molecular weight is 261 g/mol. The smallest absolute Gasteiger partial charge is 0.325 e. The van der Waals surface area contributed by atoms with E-state index in [-0.39, 0.29) is 11.7 Å². The molecule has 2 unspecified atom stereocenters. The van der Waals surface area contributed by atoms with E-state index < -0.39 is 12.0 Å². The topological polar surface area (TPSA) is 57.6 Å². The van der Waals surface area contributed by atoms with Crippen LogP contribution in [0.15, 0.2) is 30.3 Å². The number of carbonyl (C=O) groups excluding carboxylic acids is 1. The molecule has 1 saturated heterocycles. The third-order valence-electron chi connectivity index (χ3n) is 3.76. The first-order valence-corrected chi connectivity index (χ1v) is 6.68. The van der Waals surface area contributed by atoms with E-state index in [2.05, 4.69) is 0 Å². The second kappa shape index (κ2) is 5.97. The standard InChI is InChI=1S/C15H19NO3/c1-2-11-10-16(9-8-13(11)17)14(15(18)19)12-6-4-3-5-7-12/h3-7,11,14H,2,8-10H2,1H3,(H,18,19). The van der Waals surface area contributed by atoms with E-state index in [0.717, 1.165) is 12.0 Å². The van der Waals surface area contributed by atoms with Crippen LogP contribution in [0.1, 0.15) is 31.4 Å². The van der Waals surface area contributed by atoms with Crippen LogP contribution >= 0.6 is 0 Å². The Labute approximate surface area is 113 Å². The van der Waals surface area contributed by atoms with Crippen LogP contribution in [0.4, 0.5) is 0 Å². The van der Waals surface area contributed by atoms with Crippen LogP contribution in [0.5, 0.6) is 0 Å². The van der Waals surface area contributed by atoms with Gasteiger partial charge in [0.2, 0.25) is 0 Å². The monoisotopic (exact) mass is 261 g/mol. The normalized spacial score (nSPS) is 22.2. The molecule has 1 N–H and O–H groups in total. The highest BCUT2D eigenvalue weighted by Gasteiger charge is 2.34. The Balaban J connectivity index is 2.21. The van der Waals surface area contributed by atoms with Crippen LogP contribution in [0.2, 0.25) is 0 Å². The molecule has 4 heteroatoms. The number of piperidine rings is 1. The molecule has 0 radical (unpaired) electrons. The third-order valence-corrected chi connectivity index (χ3v) is 3.76. The maximum atomic E-state index is 11.7. The average Bonchev–Trinajstić information content (AvgIpc) is 2.41. The predicted molar refractivity (Wildman–Crippen MR) is 71.8 cm³/mol. The summed E-state index contributed by atoms with van der Waals surface area (Å²) in [5.41, 5.74) is 0.777. The number of aliphatic carboxylic acids is 1. The van der Waals surface area contributed by atoms with E-state index in [0.29, 0.717) is 19.5 Å². The van der Waals surface area contributed by atoms with Crippen LogP contribution in [-0.2, 0) is 9.59 Å². The summed E-state index contributed by atoms with van der Waals surface area (Å²) in [5, 5.41) is 9.48. The van der Waals surface area contributed by atoms with Gasteiger partial charge in [-0.3, -0.25) is 14.5 Å². The van der Waals surface area contributed by atoms with Crippen LogP contribution in [0.3, 0.4) is 0 Å². The summed E-state index contributed by atoms with van der Waals surface area (Å²) in [6.45, 7) is 3.05. The van der Waals surface area contributed by atoms with Gasteiger partial charge in [-0.05, 0) is 12.0 Å². The largest absolute Gasteiger partial charge is 0.480 e. The summed E-state index contributed by atoms with van der Waals surface area (Å²) in [7, 11) is 0. The van der Waals surface area contributed by atoms with E-state index in [1.807, 2.05) is 42.2 Å². The van der Waals surface area contributed by atoms with E-state index >= 15 is 0 Å². The number of rotatable bonds is 4. The zero-order chi connectivity index (χ0) is 13.8. The maximum absolute atomic E-state index is 11.7. The predicted octanol–water partition coefficient (Wildman–Crippen LogP) is 2.11. The summed E-state index contributed by atoms with van der Waals surface area (Å²) in [4.78, 5) is 25.2. The van der Waals surface area contributed by atoms with Gasteiger partial charge in [0.15, 0.2) is 0 Å². The third kappa shape index (κ3) is 3.01. The van der Waals surface area contributed by atoms with E-state index in [1.165, 1.54) is 0 Å². The zero-order valence-electron chi connectivity index (χ0n) is 11.1. The lowest BCUT2D eigenvalue weighted by atomic mass is 9.92. The molecule has 102 valence electrons. The minimum Gasteiger partial charge on any atom is -0.480 e. The molecule has 19 heavy (non-hydrogen) atoms. The number of likely N-dealkylation sites (tertiary alicyclic amines) is 1. The van der Waals surface area contributed by atoms with Crippen molar-refractivity contribution in [2.45, 2.75) is 25.8 Å². The highest BCUT2D eigenvalue weighted by molar-refractivity contribution is 5.83. The number of benzene rings is 1. The first kappa shape index (κ1) is 13.7. The summed E-state index contributed by atoms with van der Waals surface area (Å²) in [5.74, 6) is -0.620. The van der Waals surface area contributed by atoms with Gasteiger partial charge in [-0.1, -0.05) is 37.3 Å². The lowest BCUT2D eigenvalue weighted by molar-refractivity contribution is -0.146. The van der Waals surface area contributed by atoms with Crippen LogP contribution in [0.25, 0.3) is 0 Å². The van der Waals surface area contributed by atoms with Crippen LogP contribution < -0.4 is 0 Å². The number of Topliss-reactive ketones (excluding diaryl/α,β-unsaturated/α-hetero) is 1. The fourth-order valence-corrected chi connectivity index (χ4v) is 2.67. The molecule has 0 bridgehead atoms. The Bertz CT molecular complexity index is 458. The molecular formula is C15H19NO3. The lowest BCUT2D eigenvalue weighted by Gasteiger charge is -2.35. The van der Waals surface area contributed by atoms with Gasteiger partial charge in [0.25, 0.3) is 0 Å². The number of nitrogens with zero attached hydrogens (tertiary/aromatic N) is 1. The van der Waals surface area contributed by atoms with Gasteiger partial charge >= 0.3 is 5.97 Å². The van der Waals surface area contributed by atoms with Gasteiger partial charge in [0.1, 0.15) is 11.8 Å². The highest BCUT2D eigenvalue weighted by Crippen LogP contribution is 2.26. The Morgan fingerprint density at radius 1 is 1.42 bits per heavy atom. The quantitative estimate of drug-likeness (QED) is 0.902. The molecular weight excluding hydrogens is 242 g/mol. The van der Waals surface area contributed by atoms with Gasteiger partial charge in [0, 0.05) is 25.4 Å². The number of carbonyl (C=O) groups is 2. The molecule has 1 aliphatic rings. The molecule has 0 aliphatic carbocycles. The lowest BCUT2D eigenvalue weighted by Crippen LogP contribution is -2.44. The second-order valence-electron chi connectivity index (χ2n) is 4.97. The van der Waals surface area contributed by atoms with Gasteiger partial charge in [-0.25, -0.2) is 0 Å². The van der Waals surface area contributed by atoms with Gasteiger partial charge in [-0.2, -0.15) is 0 Å². The molecule has 4 nitrogen and oxygen atoms in total. The van der Waals surface area contributed by atoms with Crippen molar-refractivity contribution in [3.05, 3.63) is 35.9 Å². The van der Waals surface area contributed by atoms with E-state index in [9.17, 15) is 14.7 Å². The summed E-state index contributed by atoms with van der Waals surface area (Å²) >= 11 is 0. The fourth-order valence-electron chi connectivity index (χ4n) is 2.67. The molecule has 1 fully saturated rings. The molecule has 0 saturated carbocycles. The maximum Gasteiger partial charge on any atom is 0.325 e. The molecule has 2 atom stereocenters. The number of ketones is 1. The Kier molecular flexibility index (Phi) is 4.32. The second-order valence-corrected chi connectivity index (χ2v) is 4.97. The SMILES string of the molecule is CCC1CN(C(C(=O)O)c2ccccc2)CCC1=O. The molecule has 1 aliphatic heterocycles. The number of hydrogen-bond acceptors (Lipinski definition) is 3. The number of hydrogen-bond donors (Lipinski definition) is 1. The molecule has 1 aromatic rings. The molecule has 2 rings (SSSR count). The summed E-state index contributed by atoms with van der Waals surface area (Å²) in [6.07, 6.45) is 1.23. The Hall–Kier alpha value is -1.68. The van der Waals surface area contributed by atoms with Crippen LogP contribution in [0, 0.1) is 5.92 Å². The first-order valence-electron chi connectivity index (χ1n) is 6.68. The molecule has 1 heterocycles. The van der Waals surface area contributed by atoms with Crippen molar-refractivity contribution >= 4 is 11.8 Å². The minimum atomic E-state index is -0.851. The van der Waals surface area contributed by atoms with E-state index in [1.54, 1.807) is 0 Å². The first-order chi connectivity index (χ1) is 9.13. The molecule has 0 aromatic heterocycles. The summed E-state index contributed by atoms with van der Waals surface area (Å²) in [6, 6.07) is 8.57. The summed E-state index contributed by atoms with van der Waals surface area (Å²) < 4.78 is 0. The zero-order valence-corrected chi connectivity index (χ0v) is 11.1. The van der Waals surface area contributed by atoms with Crippen molar-refractivity contribution in [3.63, 3.8) is 0 Å². The van der Waals surface area contributed by atoms with Crippen LogP contribution in [-0.4, -0.2) is 34.8 Å². The van der Waals surface area contributed by atoms with Crippen molar-refractivity contribution in [1.29, 1.82) is 0 Å². The Morgan fingerprint density at radius 3 is 2.68 bits per heavy atom. The van der Waals surface area contributed by atoms with Gasteiger partial charge in [-0.15, -0.1) is 0 Å². The van der Waals surface area contributed by atoms with Gasteiger partial charge in [0.05, 0.1) is 0 Å². The van der Waals surface area contributed by atoms with E-state index in [4.69, 9.17) is 0 Å². The van der Waals surface area contributed by atoms with Crippen molar-refractivity contribution in [1.82, 2.24) is 4.90 Å². The molecule has 0 amide bonds. The Morgan fingerprint density at radius 2 is 2.11 bits per heavy atom. The number of carboxylic acid groups (broad SMARTS) is 1. The van der Waals surface area contributed by atoms with Crippen molar-refractivity contribution in [2.75, 3.05) is 13.1 Å². The fraction of sp³-hybridized carbons (Fsp3) is 0.467. The van der Waals surface area contributed by atoms with Crippen molar-refractivity contribution in [2.24, 2.45) is 5.92 Å².